The second-order valence-corrected chi connectivity index (χ2v) is 8.04. The molecular formula is C17H21N3O5S. The first-order valence-corrected chi connectivity index (χ1v) is 10.0. The van der Waals surface area contributed by atoms with Crippen LogP contribution in [0.5, 0.6) is 0 Å². The van der Waals surface area contributed by atoms with E-state index < -0.39 is 22.1 Å². The van der Waals surface area contributed by atoms with Gasteiger partial charge in [0.15, 0.2) is 6.10 Å². The Hall–Kier alpha value is -2.42. The Morgan fingerprint density at radius 2 is 2.00 bits per heavy atom. The number of benzene rings is 1. The monoisotopic (exact) mass is 379 g/mol. The molecule has 3 rings (SSSR count). The summed E-state index contributed by atoms with van der Waals surface area (Å²) in [6.07, 6.45) is 3.15. The van der Waals surface area contributed by atoms with Crippen LogP contribution in [0.1, 0.15) is 38.2 Å². The van der Waals surface area contributed by atoms with Crippen LogP contribution in [0.25, 0.3) is 0 Å². The van der Waals surface area contributed by atoms with Gasteiger partial charge in [-0.25, -0.2) is 8.42 Å². The summed E-state index contributed by atoms with van der Waals surface area (Å²) in [6.45, 7) is 1.12. The van der Waals surface area contributed by atoms with Crippen LogP contribution in [0.3, 0.4) is 0 Å². The van der Waals surface area contributed by atoms with Crippen LogP contribution < -0.4 is 10.0 Å². The van der Waals surface area contributed by atoms with Gasteiger partial charge in [0.25, 0.3) is 15.9 Å². The number of fused-ring (bicyclic) bond motifs is 1. The molecule has 2 aliphatic rings. The molecule has 1 amide bonds. The number of carbonyl (C=O) groups excluding carboxylic acids is 2. The summed E-state index contributed by atoms with van der Waals surface area (Å²) in [6, 6.07) is 6.51. The molecule has 1 aromatic carbocycles. The lowest BCUT2D eigenvalue weighted by Gasteiger charge is -2.16. The van der Waals surface area contributed by atoms with Crippen LogP contribution in [0.2, 0.25) is 0 Å². The highest BCUT2D eigenvalue weighted by Crippen LogP contribution is 2.22. The van der Waals surface area contributed by atoms with Gasteiger partial charge >= 0.3 is 5.97 Å². The van der Waals surface area contributed by atoms with Crippen molar-refractivity contribution in [3.05, 3.63) is 29.8 Å². The zero-order chi connectivity index (χ0) is 18.7. The Kier molecular flexibility index (Phi) is 5.26. The Labute approximate surface area is 152 Å². The number of aliphatic imine (C=N–C) groups is 1. The van der Waals surface area contributed by atoms with Crippen LogP contribution in [0, 0.1) is 0 Å². The molecule has 1 aliphatic carbocycles. The molecule has 1 atom stereocenters. The van der Waals surface area contributed by atoms with Crippen molar-refractivity contribution in [2.24, 2.45) is 4.99 Å². The van der Waals surface area contributed by atoms with Gasteiger partial charge in [0.1, 0.15) is 12.4 Å². The van der Waals surface area contributed by atoms with Gasteiger partial charge in [-0.05, 0) is 31.9 Å². The molecule has 1 aliphatic heterocycles. The zero-order valence-electron chi connectivity index (χ0n) is 14.4. The maximum Gasteiger partial charge on any atom is 0.328 e. The molecule has 0 radical (unpaired) electrons. The number of hydrogen-bond acceptors (Lipinski definition) is 6. The van der Waals surface area contributed by atoms with E-state index in [2.05, 4.69) is 15.0 Å². The number of amides is 1. The first-order chi connectivity index (χ1) is 12.4. The minimum Gasteiger partial charge on any atom is -0.451 e. The zero-order valence-corrected chi connectivity index (χ0v) is 15.2. The molecule has 26 heavy (non-hydrogen) atoms. The minimum atomic E-state index is -3.65. The van der Waals surface area contributed by atoms with E-state index >= 15 is 0 Å². The number of hydrogen-bond donors (Lipinski definition) is 2. The standard InChI is InChI=1S/C17H21N3O5S/c1-11(17(22)19-12-6-2-3-7-12)25-15(21)10-18-16-13-8-4-5-9-14(13)26(23,24)20-16/h4-5,8-9,11-12H,2-3,6-7,10H2,1H3,(H,18,20)(H,19,22)/t11-/m0/s1. The van der Waals surface area contributed by atoms with Gasteiger partial charge in [-0.1, -0.05) is 25.0 Å². The predicted molar refractivity (Wildman–Crippen MR) is 94.1 cm³/mol. The van der Waals surface area contributed by atoms with Crippen molar-refractivity contribution < 1.29 is 22.7 Å². The molecule has 1 saturated carbocycles. The highest BCUT2D eigenvalue weighted by Gasteiger charge is 2.30. The summed E-state index contributed by atoms with van der Waals surface area (Å²) in [5.74, 6) is -0.930. The molecule has 0 spiro atoms. The van der Waals surface area contributed by atoms with E-state index in [1.54, 1.807) is 18.2 Å². The number of sulfonamides is 1. The molecule has 8 nitrogen and oxygen atoms in total. The first kappa shape index (κ1) is 18.4. The van der Waals surface area contributed by atoms with Crippen molar-refractivity contribution in [2.75, 3.05) is 6.54 Å². The second kappa shape index (κ2) is 7.45. The molecular weight excluding hydrogens is 358 g/mol. The molecule has 1 heterocycles. The van der Waals surface area contributed by atoms with Crippen molar-refractivity contribution in [1.82, 2.24) is 10.0 Å². The predicted octanol–water partition coefficient (Wildman–Crippen LogP) is 0.716. The molecule has 1 fully saturated rings. The van der Waals surface area contributed by atoms with Crippen molar-refractivity contribution in [3.8, 4) is 0 Å². The van der Waals surface area contributed by atoms with Gasteiger partial charge in [0.05, 0.1) is 4.90 Å². The van der Waals surface area contributed by atoms with E-state index in [0.717, 1.165) is 25.7 Å². The fraction of sp³-hybridized carbons (Fsp3) is 0.471. The lowest BCUT2D eigenvalue weighted by Crippen LogP contribution is -2.41. The van der Waals surface area contributed by atoms with E-state index in [-0.39, 0.29) is 29.2 Å². The van der Waals surface area contributed by atoms with Crippen LogP contribution in [0.15, 0.2) is 34.2 Å². The number of amidine groups is 1. The van der Waals surface area contributed by atoms with E-state index in [4.69, 9.17) is 4.74 Å². The van der Waals surface area contributed by atoms with Gasteiger partial charge in [0.2, 0.25) is 0 Å². The molecule has 9 heteroatoms. The normalized spacial score (nSPS) is 21.0. The molecule has 0 bridgehead atoms. The van der Waals surface area contributed by atoms with Gasteiger partial charge < -0.3 is 10.1 Å². The Balaban J connectivity index is 1.57. The van der Waals surface area contributed by atoms with Gasteiger partial charge in [-0.15, -0.1) is 0 Å². The summed E-state index contributed by atoms with van der Waals surface area (Å²) < 4.78 is 31.4. The second-order valence-electron chi connectivity index (χ2n) is 6.39. The average molecular weight is 379 g/mol. The minimum absolute atomic E-state index is 0.0978. The SMILES string of the molecule is C[C@H](OC(=O)CN=C1NS(=O)(=O)c2ccccc21)C(=O)NC1CCCC1. The van der Waals surface area contributed by atoms with Crippen molar-refractivity contribution in [3.63, 3.8) is 0 Å². The van der Waals surface area contributed by atoms with Crippen LogP contribution >= 0.6 is 0 Å². The number of carbonyl (C=O) groups is 2. The van der Waals surface area contributed by atoms with E-state index in [9.17, 15) is 18.0 Å². The highest BCUT2D eigenvalue weighted by atomic mass is 32.2. The third-order valence-corrected chi connectivity index (χ3v) is 5.81. The lowest BCUT2D eigenvalue weighted by molar-refractivity contribution is -0.153. The number of nitrogens with one attached hydrogen (secondary N) is 2. The highest BCUT2D eigenvalue weighted by molar-refractivity contribution is 7.90. The molecule has 0 unspecified atom stereocenters. The largest absolute Gasteiger partial charge is 0.451 e. The third kappa shape index (κ3) is 4.04. The fourth-order valence-corrected chi connectivity index (χ4v) is 4.32. The molecule has 140 valence electrons. The Morgan fingerprint density at radius 3 is 2.73 bits per heavy atom. The van der Waals surface area contributed by atoms with Gasteiger partial charge in [-0.3, -0.25) is 19.3 Å². The number of ether oxygens (including phenoxy) is 1. The number of rotatable bonds is 5. The van der Waals surface area contributed by atoms with E-state index in [1.165, 1.54) is 13.0 Å². The van der Waals surface area contributed by atoms with Crippen LogP contribution in [-0.4, -0.2) is 44.8 Å². The number of nitrogens with zero attached hydrogens (tertiary/aromatic N) is 1. The number of esters is 1. The maximum absolute atomic E-state index is 12.0. The molecule has 1 aromatic rings. The summed E-state index contributed by atoms with van der Waals surface area (Å²) in [5, 5.41) is 2.86. The summed E-state index contributed by atoms with van der Waals surface area (Å²) in [4.78, 5) is 28.1. The Bertz CT molecular complexity index is 844. The fourth-order valence-electron chi connectivity index (χ4n) is 3.07. The summed E-state index contributed by atoms with van der Waals surface area (Å²) in [7, 11) is -3.65. The molecule has 2 N–H and O–H groups in total. The summed E-state index contributed by atoms with van der Waals surface area (Å²) >= 11 is 0. The maximum atomic E-state index is 12.0. The van der Waals surface area contributed by atoms with E-state index in [0.29, 0.717) is 5.56 Å². The van der Waals surface area contributed by atoms with Crippen molar-refractivity contribution >= 4 is 27.7 Å². The average Bonchev–Trinajstić information content (AvgIpc) is 3.19. The smallest absolute Gasteiger partial charge is 0.328 e. The van der Waals surface area contributed by atoms with Gasteiger partial charge in [-0.2, -0.15) is 0 Å². The van der Waals surface area contributed by atoms with Crippen LogP contribution in [-0.2, 0) is 24.3 Å². The molecule has 0 aromatic heterocycles. The van der Waals surface area contributed by atoms with Crippen molar-refractivity contribution in [2.45, 2.75) is 49.6 Å². The Morgan fingerprint density at radius 1 is 1.31 bits per heavy atom. The van der Waals surface area contributed by atoms with Crippen LogP contribution in [0.4, 0.5) is 0 Å². The van der Waals surface area contributed by atoms with Gasteiger partial charge in [0, 0.05) is 11.6 Å². The third-order valence-electron chi connectivity index (χ3n) is 4.41. The topological polar surface area (TPSA) is 114 Å². The first-order valence-electron chi connectivity index (χ1n) is 8.53. The van der Waals surface area contributed by atoms with Crippen molar-refractivity contribution in [1.29, 1.82) is 0 Å². The quantitative estimate of drug-likeness (QED) is 0.732. The molecule has 0 saturated heterocycles. The summed E-state index contributed by atoms with van der Waals surface area (Å²) in [5.41, 5.74) is 0.410. The lowest BCUT2D eigenvalue weighted by atomic mass is 10.2. The van der Waals surface area contributed by atoms with E-state index in [1.807, 2.05) is 0 Å².